The fourth-order valence-electron chi connectivity index (χ4n) is 4.27. The Bertz CT molecular complexity index is 1340. The second kappa shape index (κ2) is 12.2. The summed E-state index contributed by atoms with van der Waals surface area (Å²) >= 11 is 6.11. The highest BCUT2D eigenvalue weighted by molar-refractivity contribution is 6.34. The van der Waals surface area contributed by atoms with Gasteiger partial charge >= 0.3 is 0 Å². The summed E-state index contributed by atoms with van der Waals surface area (Å²) in [7, 11) is 0. The van der Waals surface area contributed by atoms with Gasteiger partial charge in [0, 0.05) is 24.7 Å². The van der Waals surface area contributed by atoms with E-state index in [4.69, 9.17) is 11.6 Å². The summed E-state index contributed by atoms with van der Waals surface area (Å²) < 4.78 is 0. The zero-order chi connectivity index (χ0) is 26.2. The van der Waals surface area contributed by atoms with Gasteiger partial charge in [-0.3, -0.25) is 9.59 Å². The third-order valence-electron chi connectivity index (χ3n) is 6.05. The number of para-hydroxylation sites is 1. The van der Waals surface area contributed by atoms with Crippen LogP contribution in [0.1, 0.15) is 51.1 Å². The zero-order valence-electron chi connectivity index (χ0n) is 20.1. The standard InChI is InChI=1S/C28H27ClN4O4/c29-23-10-3-1-8-21(23)27(36)31-24-11-4-2-9-22(24)28(37)32-30-18-19-13-14-25-20(17-19)7-5-15-33(25)16-6-12-26(34)35/h1-4,8-11,13-14,17-18H,5-7,12,15-16H2,(H,31,36)(H,32,37)(H,34,35)/p-1. The van der Waals surface area contributed by atoms with Gasteiger partial charge in [0.2, 0.25) is 0 Å². The van der Waals surface area contributed by atoms with E-state index >= 15 is 0 Å². The normalized spacial score (nSPS) is 12.7. The van der Waals surface area contributed by atoms with Gasteiger partial charge < -0.3 is 20.1 Å². The zero-order valence-corrected chi connectivity index (χ0v) is 20.8. The number of aliphatic carboxylic acids is 1. The van der Waals surface area contributed by atoms with Crippen molar-refractivity contribution in [2.45, 2.75) is 25.7 Å². The first-order valence-electron chi connectivity index (χ1n) is 12.0. The van der Waals surface area contributed by atoms with Crippen LogP contribution in [0.4, 0.5) is 11.4 Å². The maximum Gasteiger partial charge on any atom is 0.273 e. The van der Waals surface area contributed by atoms with E-state index in [0.29, 0.717) is 29.2 Å². The molecule has 0 fully saturated rings. The number of carboxylic acids is 1. The quantitative estimate of drug-likeness (QED) is 0.332. The maximum atomic E-state index is 12.8. The van der Waals surface area contributed by atoms with Crippen LogP contribution in [0.15, 0.2) is 71.8 Å². The van der Waals surface area contributed by atoms with Crippen molar-refractivity contribution >= 4 is 47.0 Å². The van der Waals surface area contributed by atoms with Gasteiger partial charge in [-0.05, 0) is 73.2 Å². The number of carbonyl (C=O) groups is 3. The number of aryl methyl sites for hydroxylation is 1. The summed E-state index contributed by atoms with van der Waals surface area (Å²) in [6, 6.07) is 19.3. The lowest BCUT2D eigenvalue weighted by molar-refractivity contribution is -0.305. The molecule has 3 aromatic carbocycles. The van der Waals surface area contributed by atoms with Crippen molar-refractivity contribution in [3.8, 4) is 0 Å². The summed E-state index contributed by atoms with van der Waals surface area (Å²) in [5.74, 6) is -1.92. The SMILES string of the molecule is O=C([O-])CCCN1CCCc2cc(C=NNC(=O)c3ccccc3NC(=O)c3ccccc3Cl)ccc21. The average Bonchev–Trinajstić information content (AvgIpc) is 2.89. The molecule has 1 aliphatic rings. The van der Waals surface area contributed by atoms with Gasteiger partial charge in [-0.25, -0.2) is 5.43 Å². The third-order valence-corrected chi connectivity index (χ3v) is 6.37. The molecular weight excluding hydrogens is 492 g/mol. The van der Waals surface area contributed by atoms with Crippen LogP contribution < -0.4 is 20.7 Å². The molecular formula is C28H26ClN4O4-. The lowest BCUT2D eigenvalue weighted by Crippen LogP contribution is -2.31. The van der Waals surface area contributed by atoms with Crippen molar-refractivity contribution in [2.75, 3.05) is 23.3 Å². The number of hydrogen-bond acceptors (Lipinski definition) is 6. The predicted molar refractivity (Wildman–Crippen MR) is 142 cm³/mol. The minimum atomic E-state index is -1.03. The topological polar surface area (TPSA) is 114 Å². The molecule has 0 radical (unpaired) electrons. The van der Waals surface area contributed by atoms with E-state index in [1.54, 1.807) is 54.7 Å². The van der Waals surface area contributed by atoms with Crippen LogP contribution in [-0.4, -0.2) is 37.1 Å². The van der Waals surface area contributed by atoms with Crippen LogP contribution in [0, 0.1) is 0 Å². The van der Waals surface area contributed by atoms with Crippen LogP contribution in [0.25, 0.3) is 0 Å². The molecule has 0 aliphatic carbocycles. The van der Waals surface area contributed by atoms with Crippen LogP contribution in [-0.2, 0) is 11.2 Å². The Balaban J connectivity index is 1.40. The van der Waals surface area contributed by atoms with Crippen molar-refractivity contribution in [1.29, 1.82) is 0 Å². The Hall–Kier alpha value is -4.17. The molecule has 4 rings (SSSR count). The number of hydrazone groups is 1. The number of benzene rings is 3. The number of carboxylic acid groups (broad SMARTS) is 1. The van der Waals surface area contributed by atoms with E-state index in [-0.39, 0.29) is 12.0 Å². The van der Waals surface area contributed by atoms with Gasteiger partial charge in [0.15, 0.2) is 0 Å². The smallest absolute Gasteiger partial charge is 0.273 e. The molecule has 0 spiro atoms. The summed E-state index contributed by atoms with van der Waals surface area (Å²) in [5.41, 5.74) is 6.51. The molecule has 37 heavy (non-hydrogen) atoms. The summed E-state index contributed by atoms with van der Waals surface area (Å²) in [6.45, 7) is 1.55. The van der Waals surface area contributed by atoms with E-state index in [2.05, 4.69) is 20.7 Å². The summed E-state index contributed by atoms with van der Waals surface area (Å²) in [5, 5.41) is 17.9. The fourth-order valence-corrected chi connectivity index (χ4v) is 4.49. The number of anilines is 2. The molecule has 8 nitrogen and oxygen atoms in total. The lowest BCUT2D eigenvalue weighted by Gasteiger charge is -2.31. The molecule has 0 saturated heterocycles. The highest BCUT2D eigenvalue weighted by atomic mass is 35.5. The number of hydrogen-bond donors (Lipinski definition) is 2. The van der Waals surface area contributed by atoms with Crippen molar-refractivity contribution in [2.24, 2.45) is 5.10 Å². The number of rotatable bonds is 9. The molecule has 0 bridgehead atoms. The number of fused-ring (bicyclic) bond motifs is 1. The van der Waals surface area contributed by atoms with E-state index in [9.17, 15) is 19.5 Å². The first-order chi connectivity index (χ1) is 17.9. The van der Waals surface area contributed by atoms with Gasteiger partial charge in [0.1, 0.15) is 0 Å². The van der Waals surface area contributed by atoms with Gasteiger partial charge in [-0.1, -0.05) is 41.9 Å². The van der Waals surface area contributed by atoms with E-state index in [1.807, 2.05) is 18.2 Å². The van der Waals surface area contributed by atoms with Crippen LogP contribution >= 0.6 is 11.6 Å². The number of nitrogens with zero attached hydrogens (tertiary/aromatic N) is 2. The predicted octanol–water partition coefficient (Wildman–Crippen LogP) is 3.64. The van der Waals surface area contributed by atoms with Gasteiger partial charge in [-0.15, -0.1) is 0 Å². The number of nitrogens with one attached hydrogen (secondary N) is 2. The molecule has 1 aliphatic heterocycles. The number of amides is 2. The Morgan fingerprint density at radius 2 is 1.76 bits per heavy atom. The van der Waals surface area contributed by atoms with Crippen LogP contribution in [0.5, 0.6) is 0 Å². The molecule has 0 saturated carbocycles. The Labute approximate surface area is 219 Å². The molecule has 9 heteroatoms. The Morgan fingerprint density at radius 3 is 2.54 bits per heavy atom. The average molecular weight is 518 g/mol. The summed E-state index contributed by atoms with van der Waals surface area (Å²) in [4.78, 5) is 38.4. The first-order valence-corrected chi connectivity index (χ1v) is 12.4. The largest absolute Gasteiger partial charge is 0.550 e. The maximum absolute atomic E-state index is 12.8. The Morgan fingerprint density at radius 1 is 1.00 bits per heavy atom. The second-order valence-corrected chi connectivity index (χ2v) is 9.04. The molecule has 1 heterocycles. The molecule has 0 unspecified atom stereocenters. The number of carbonyl (C=O) groups excluding carboxylic acids is 3. The van der Waals surface area contributed by atoms with E-state index < -0.39 is 17.8 Å². The van der Waals surface area contributed by atoms with Gasteiger partial charge in [0.25, 0.3) is 11.8 Å². The highest BCUT2D eigenvalue weighted by Gasteiger charge is 2.17. The van der Waals surface area contributed by atoms with Crippen molar-refractivity contribution in [3.05, 3.63) is 94.0 Å². The highest BCUT2D eigenvalue weighted by Crippen LogP contribution is 2.28. The summed E-state index contributed by atoms with van der Waals surface area (Å²) in [6.07, 6.45) is 4.05. The minimum absolute atomic E-state index is 0.0447. The first kappa shape index (κ1) is 25.9. The molecule has 2 amide bonds. The molecule has 3 aromatic rings. The molecule has 0 atom stereocenters. The van der Waals surface area contributed by atoms with Gasteiger partial charge in [-0.2, -0.15) is 5.10 Å². The molecule has 190 valence electrons. The van der Waals surface area contributed by atoms with Crippen molar-refractivity contribution in [1.82, 2.24) is 5.43 Å². The van der Waals surface area contributed by atoms with Crippen molar-refractivity contribution < 1.29 is 19.5 Å². The van der Waals surface area contributed by atoms with E-state index in [1.165, 1.54) is 0 Å². The van der Waals surface area contributed by atoms with Crippen molar-refractivity contribution in [3.63, 3.8) is 0 Å². The molecule has 0 aromatic heterocycles. The van der Waals surface area contributed by atoms with E-state index in [0.717, 1.165) is 36.2 Å². The molecule has 2 N–H and O–H groups in total. The van der Waals surface area contributed by atoms with Crippen LogP contribution in [0.3, 0.4) is 0 Å². The monoisotopic (exact) mass is 517 g/mol. The minimum Gasteiger partial charge on any atom is -0.550 e. The van der Waals surface area contributed by atoms with Gasteiger partial charge in [0.05, 0.1) is 28.1 Å². The Kier molecular flexibility index (Phi) is 8.53. The van der Waals surface area contributed by atoms with Crippen LogP contribution in [0.2, 0.25) is 5.02 Å². The fraction of sp³-hybridized carbons (Fsp3) is 0.214. The third kappa shape index (κ3) is 6.74. The lowest BCUT2D eigenvalue weighted by atomic mass is 9.99. The number of halogens is 1. The second-order valence-electron chi connectivity index (χ2n) is 8.63.